The molecule has 4 rings (SSSR count). The van der Waals surface area contributed by atoms with Crippen molar-refractivity contribution in [2.45, 2.75) is 0 Å². The molecule has 11 heteroatoms. The van der Waals surface area contributed by atoms with Crippen LogP contribution in [0.5, 0.6) is 0 Å². The van der Waals surface area contributed by atoms with Crippen LogP contribution in [0, 0.1) is 5.82 Å². The van der Waals surface area contributed by atoms with Crippen molar-refractivity contribution in [3.8, 4) is 16.8 Å². The van der Waals surface area contributed by atoms with Crippen molar-refractivity contribution in [2.24, 2.45) is 0 Å². The summed E-state index contributed by atoms with van der Waals surface area (Å²) in [5, 5.41) is 5.22. The monoisotopic (exact) mass is 510 g/mol. The Bertz CT molecular complexity index is 1520. The summed E-state index contributed by atoms with van der Waals surface area (Å²) in [6.07, 6.45) is 2.74. The standard InChI is InChI=1S/C25H27FN6O3S/c1-31(2)12-11-27-25(33)29-22-9-7-17(13-21(22)26)18-8-10-23-24(14-18)32(16-28-23)20-6-4-5-19(15-20)30-36(3,34)35/h4-10,13-16,30H,11-12H2,1-3H3,(H2,27,29,33). The van der Waals surface area contributed by atoms with E-state index < -0.39 is 21.9 Å². The van der Waals surface area contributed by atoms with Crippen LogP contribution in [-0.2, 0) is 10.0 Å². The van der Waals surface area contributed by atoms with Gasteiger partial charge < -0.3 is 15.5 Å². The highest BCUT2D eigenvalue weighted by Crippen LogP contribution is 2.29. The van der Waals surface area contributed by atoms with Gasteiger partial charge in [-0.2, -0.15) is 0 Å². The quantitative estimate of drug-likeness (QED) is 0.333. The average Bonchev–Trinajstić information content (AvgIpc) is 3.22. The van der Waals surface area contributed by atoms with E-state index in [0.717, 1.165) is 22.9 Å². The van der Waals surface area contributed by atoms with Crippen LogP contribution in [0.1, 0.15) is 0 Å². The Morgan fingerprint density at radius 1 is 1.06 bits per heavy atom. The summed E-state index contributed by atoms with van der Waals surface area (Å²) in [6, 6.07) is 16.7. The first-order valence-corrected chi connectivity index (χ1v) is 13.0. The number of carbonyl (C=O) groups is 1. The van der Waals surface area contributed by atoms with Gasteiger partial charge in [0, 0.05) is 18.8 Å². The second-order valence-electron chi connectivity index (χ2n) is 8.62. The number of urea groups is 1. The van der Waals surface area contributed by atoms with Crippen molar-refractivity contribution in [1.29, 1.82) is 0 Å². The number of carbonyl (C=O) groups excluding carboxylic acids is 1. The molecule has 1 heterocycles. The summed E-state index contributed by atoms with van der Waals surface area (Å²) in [4.78, 5) is 18.4. The Morgan fingerprint density at radius 3 is 2.53 bits per heavy atom. The maximum Gasteiger partial charge on any atom is 0.319 e. The van der Waals surface area contributed by atoms with Gasteiger partial charge in [-0.15, -0.1) is 0 Å². The second kappa shape index (κ2) is 10.3. The van der Waals surface area contributed by atoms with E-state index in [-0.39, 0.29) is 5.69 Å². The molecule has 188 valence electrons. The number of likely N-dealkylation sites (N-methyl/N-ethyl adjacent to an activating group) is 1. The lowest BCUT2D eigenvalue weighted by Crippen LogP contribution is -2.34. The molecule has 0 saturated heterocycles. The normalized spacial score (nSPS) is 11.6. The molecule has 0 aliphatic carbocycles. The molecule has 3 N–H and O–H groups in total. The van der Waals surface area contributed by atoms with E-state index in [1.54, 1.807) is 30.6 Å². The zero-order chi connectivity index (χ0) is 25.9. The molecule has 0 bridgehead atoms. The van der Waals surface area contributed by atoms with Crippen molar-refractivity contribution >= 4 is 38.5 Å². The third kappa shape index (κ3) is 6.18. The van der Waals surface area contributed by atoms with Gasteiger partial charge in [0.25, 0.3) is 0 Å². The highest BCUT2D eigenvalue weighted by Gasteiger charge is 2.12. The highest BCUT2D eigenvalue weighted by atomic mass is 32.2. The molecule has 0 spiro atoms. The van der Waals surface area contributed by atoms with Crippen molar-refractivity contribution in [1.82, 2.24) is 19.8 Å². The zero-order valence-corrected chi connectivity index (χ0v) is 20.9. The van der Waals surface area contributed by atoms with Gasteiger partial charge in [0.15, 0.2) is 0 Å². The van der Waals surface area contributed by atoms with Crippen LogP contribution in [0.2, 0.25) is 0 Å². The Labute approximate surface area is 209 Å². The third-order valence-corrected chi connectivity index (χ3v) is 5.98. The van der Waals surface area contributed by atoms with Crippen LogP contribution in [0.25, 0.3) is 27.8 Å². The topological polar surface area (TPSA) is 108 Å². The third-order valence-electron chi connectivity index (χ3n) is 5.37. The van der Waals surface area contributed by atoms with Crippen LogP contribution < -0.4 is 15.4 Å². The minimum absolute atomic E-state index is 0.0856. The molecule has 0 aliphatic rings. The molecule has 0 fully saturated rings. The van der Waals surface area contributed by atoms with Gasteiger partial charge in [0.2, 0.25) is 10.0 Å². The minimum atomic E-state index is -3.41. The molecule has 0 radical (unpaired) electrons. The van der Waals surface area contributed by atoms with Crippen molar-refractivity contribution < 1.29 is 17.6 Å². The molecule has 36 heavy (non-hydrogen) atoms. The molecule has 0 unspecified atom stereocenters. The Balaban J connectivity index is 1.58. The number of imidazole rings is 1. The van der Waals surface area contributed by atoms with E-state index >= 15 is 0 Å². The second-order valence-corrected chi connectivity index (χ2v) is 10.4. The molecule has 3 aromatic carbocycles. The lowest BCUT2D eigenvalue weighted by Gasteiger charge is -2.12. The van der Waals surface area contributed by atoms with Crippen molar-refractivity contribution in [3.05, 3.63) is 72.8 Å². The Morgan fingerprint density at radius 2 is 1.81 bits per heavy atom. The molecular weight excluding hydrogens is 483 g/mol. The smallest absolute Gasteiger partial charge is 0.319 e. The first kappa shape index (κ1) is 25.1. The number of aromatic nitrogens is 2. The fourth-order valence-electron chi connectivity index (χ4n) is 3.68. The molecular formula is C25H27FN6O3S. The number of sulfonamides is 1. The van der Waals surface area contributed by atoms with Gasteiger partial charge >= 0.3 is 6.03 Å². The number of nitrogens with one attached hydrogen (secondary N) is 3. The maximum absolute atomic E-state index is 14.8. The predicted octanol–water partition coefficient (Wildman–Crippen LogP) is 3.89. The number of benzene rings is 3. The van der Waals surface area contributed by atoms with Crippen LogP contribution in [0.3, 0.4) is 0 Å². The summed E-state index contributed by atoms with van der Waals surface area (Å²) in [5.41, 5.74) is 4.13. The van der Waals surface area contributed by atoms with Crippen LogP contribution >= 0.6 is 0 Å². The first-order valence-electron chi connectivity index (χ1n) is 11.1. The summed E-state index contributed by atoms with van der Waals surface area (Å²) in [6.45, 7) is 1.12. The Hall–Kier alpha value is -3.96. The summed E-state index contributed by atoms with van der Waals surface area (Å²) in [5.74, 6) is -0.552. The number of halogens is 1. The predicted molar refractivity (Wildman–Crippen MR) is 141 cm³/mol. The van der Waals surface area contributed by atoms with E-state index in [2.05, 4.69) is 20.3 Å². The molecule has 4 aromatic rings. The van der Waals surface area contributed by atoms with E-state index in [0.29, 0.717) is 30.0 Å². The molecule has 0 saturated carbocycles. The van der Waals surface area contributed by atoms with Gasteiger partial charge in [0.1, 0.15) is 12.1 Å². The van der Waals surface area contributed by atoms with Crippen LogP contribution in [0.15, 0.2) is 67.0 Å². The van der Waals surface area contributed by atoms with E-state index in [9.17, 15) is 17.6 Å². The first-order chi connectivity index (χ1) is 17.1. The largest absolute Gasteiger partial charge is 0.337 e. The van der Waals surface area contributed by atoms with Gasteiger partial charge in [0.05, 0.1) is 28.7 Å². The van der Waals surface area contributed by atoms with Crippen LogP contribution in [-0.4, -0.2) is 62.3 Å². The zero-order valence-electron chi connectivity index (χ0n) is 20.1. The number of hydrogen-bond acceptors (Lipinski definition) is 5. The number of nitrogens with zero attached hydrogens (tertiary/aromatic N) is 3. The van der Waals surface area contributed by atoms with Crippen LogP contribution in [0.4, 0.5) is 20.6 Å². The number of amides is 2. The maximum atomic E-state index is 14.8. The number of rotatable bonds is 8. The average molecular weight is 511 g/mol. The van der Waals surface area contributed by atoms with Gasteiger partial charge in [-0.3, -0.25) is 9.29 Å². The summed E-state index contributed by atoms with van der Waals surface area (Å²) >= 11 is 0. The SMILES string of the molecule is CN(C)CCNC(=O)Nc1ccc(-c2ccc3ncn(-c4cccc(NS(C)(=O)=O)c4)c3c2)cc1F. The summed E-state index contributed by atoms with van der Waals surface area (Å²) in [7, 11) is 0.383. The van der Waals surface area contributed by atoms with Crippen molar-refractivity contribution in [3.63, 3.8) is 0 Å². The summed E-state index contributed by atoms with van der Waals surface area (Å²) < 4.78 is 42.3. The fraction of sp³-hybridized carbons (Fsp3) is 0.200. The van der Waals surface area contributed by atoms with Gasteiger partial charge in [-0.25, -0.2) is 22.6 Å². The van der Waals surface area contributed by atoms with E-state index in [4.69, 9.17) is 0 Å². The molecule has 1 aromatic heterocycles. The lowest BCUT2D eigenvalue weighted by atomic mass is 10.0. The fourth-order valence-corrected chi connectivity index (χ4v) is 4.24. The molecule has 0 aliphatic heterocycles. The minimum Gasteiger partial charge on any atom is -0.337 e. The number of fused-ring (bicyclic) bond motifs is 1. The number of hydrogen-bond donors (Lipinski definition) is 3. The number of anilines is 2. The van der Waals surface area contributed by atoms with E-state index in [1.165, 1.54) is 12.1 Å². The van der Waals surface area contributed by atoms with Gasteiger partial charge in [-0.05, 0) is 67.7 Å². The van der Waals surface area contributed by atoms with E-state index in [1.807, 2.05) is 47.8 Å². The Kier molecular flexibility index (Phi) is 7.22. The molecule has 2 amide bonds. The van der Waals surface area contributed by atoms with Gasteiger partial charge in [-0.1, -0.05) is 18.2 Å². The lowest BCUT2D eigenvalue weighted by molar-refractivity contribution is 0.250. The van der Waals surface area contributed by atoms with Crippen molar-refractivity contribution in [2.75, 3.05) is 43.5 Å². The molecule has 0 atom stereocenters. The highest BCUT2D eigenvalue weighted by molar-refractivity contribution is 7.92. The molecule has 9 nitrogen and oxygen atoms in total.